The molecule has 1 aromatic carbocycles. The van der Waals surface area contributed by atoms with Gasteiger partial charge < -0.3 is 18.9 Å². The van der Waals surface area contributed by atoms with Crippen LogP contribution in [0.25, 0.3) is 5.65 Å². The standard InChI is InChI=1S/C23H29N3O5/c1-16-6-7-26-21(10-16)24-18(13-22(26)27)15-25(8-9-28-2)14-17-11-19(29-3)23(31-5)20(12-17)30-4/h6-7,10-13H,8-9,14-15H2,1-5H3. The second kappa shape index (κ2) is 10.3. The van der Waals surface area contributed by atoms with E-state index < -0.39 is 0 Å². The van der Waals surface area contributed by atoms with Crippen LogP contribution in [0.4, 0.5) is 0 Å². The summed E-state index contributed by atoms with van der Waals surface area (Å²) in [6, 6.07) is 9.23. The van der Waals surface area contributed by atoms with Crippen molar-refractivity contribution < 1.29 is 18.9 Å². The van der Waals surface area contributed by atoms with Crippen molar-refractivity contribution in [2.45, 2.75) is 20.0 Å². The molecule has 0 bridgehead atoms. The molecule has 0 saturated heterocycles. The van der Waals surface area contributed by atoms with E-state index in [1.165, 1.54) is 0 Å². The Balaban J connectivity index is 1.91. The quantitative estimate of drug-likeness (QED) is 0.492. The molecule has 0 unspecified atom stereocenters. The Morgan fingerprint density at radius 3 is 2.29 bits per heavy atom. The van der Waals surface area contributed by atoms with Crippen molar-refractivity contribution in [2.24, 2.45) is 0 Å². The van der Waals surface area contributed by atoms with E-state index in [0.29, 0.717) is 54.8 Å². The van der Waals surface area contributed by atoms with Crippen molar-refractivity contribution >= 4 is 5.65 Å². The van der Waals surface area contributed by atoms with Crippen LogP contribution in [0, 0.1) is 6.92 Å². The van der Waals surface area contributed by atoms with Gasteiger partial charge in [-0.15, -0.1) is 0 Å². The first-order valence-electron chi connectivity index (χ1n) is 9.98. The van der Waals surface area contributed by atoms with E-state index in [-0.39, 0.29) is 5.56 Å². The van der Waals surface area contributed by atoms with Crippen molar-refractivity contribution in [1.82, 2.24) is 14.3 Å². The third-order valence-corrected chi connectivity index (χ3v) is 5.00. The largest absolute Gasteiger partial charge is 0.493 e. The van der Waals surface area contributed by atoms with Crippen LogP contribution in [0.3, 0.4) is 0 Å². The molecule has 0 atom stereocenters. The molecule has 166 valence electrons. The molecule has 3 rings (SSSR count). The van der Waals surface area contributed by atoms with Crippen LogP contribution in [-0.2, 0) is 17.8 Å². The van der Waals surface area contributed by atoms with Crippen LogP contribution >= 0.6 is 0 Å². The molecule has 0 fully saturated rings. The van der Waals surface area contributed by atoms with E-state index in [0.717, 1.165) is 11.1 Å². The molecular weight excluding hydrogens is 398 g/mol. The maximum absolute atomic E-state index is 12.5. The summed E-state index contributed by atoms with van der Waals surface area (Å²) >= 11 is 0. The number of aromatic nitrogens is 2. The van der Waals surface area contributed by atoms with Crippen molar-refractivity contribution in [3.8, 4) is 17.2 Å². The molecule has 0 spiro atoms. The number of pyridine rings is 1. The number of aryl methyl sites for hydroxylation is 1. The Kier molecular flexibility index (Phi) is 7.49. The van der Waals surface area contributed by atoms with Gasteiger partial charge in [-0.2, -0.15) is 0 Å². The average Bonchev–Trinajstić information content (AvgIpc) is 2.76. The second-order valence-corrected chi connectivity index (χ2v) is 7.26. The van der Waals surface area contributed by atoms with E-state index >= 15 is 0 Å². The lowest BCUT2D eigenvalue weighted by Crippen LogP contribution is -2.28. The van der Waals surface area contributed by atoms with E-state index in [1.807, 2.05) is 31.2 Å². The number of hydrogen-bond acceptors (Lipinski definition) is 7. The lowest BCUT2D eigenvalue weighted by molar-refractivity contribution is 0.139. The predicted molar refractivity (Wildman–Crippen MR) is 118 cm³/mol. The van der Waals surface area contributed by atoms with Gasteiger partial charge in [0.1, 0.15) is 5.65 Å². The molecule has 2 aromatic heterocycles. The Labute approximate surface area is 181 Å². The highest BCUT2D eigenvalue weighted by molar-refractivity contribution is 5.53. The van der Waals surface area contributed by atoms with Gasteiger partial charge in [0.05, 0.1) is 33.6 Å². The Bertz CT molecular complexity index is 1070. The molecule has 2 heterocycles. The Hall–Kier alpha value is -3.10. The summed E-state index contributed by atoms with van der Waals surface area (Å²) in [4.78, 5) is 19.4. The first-order valence-corrected chi connectivity index (χ1v) is 9.98. The van der Waals surface area contributed by atoms with Crippen LogP contribution in [-0.4, -0.2) is 55.9 Å². The summed E-state index contributed by atoms with van der Waals surface area (Å²) in [7, 11) is 6.44. The smallest absolute Gasteiger partial charge is 0.258 e. The average molecular weight is 428 g/mol. The molecule has 0 aliphatic rings. The Morgan fingerprint density at radius 2 is 1.68 bits per heavy atom. The predicted octanol–water partition coefficient (Wildman–Crippen LogP) is 2.68. The third-order valence-electron chi connectivity index (χ3n) is 5.00. The normalized spacial score (nSPS) is 11.2. The fourth-order valence-electron chi connectivity index (χ4n) is 3.48. The molecule has 8 heteroatoms. The van der Waals surface area contributed by atoms with E-state index in [2.05, 4.69) is 4.90 Å². The van der Waals surface area contributed by atoms with Gasteiger partial charge in [-0.05, 0) is 42.3 Å². The number of rotatable bonds is 10. The molecule has 0 amide bonds. The van der Waals surface area contributed by atoms with Crippen LogP contribution in [0.5, 0.6) is 17.2 Å². The van der Waals surface area contributed by atoms with E-state index in [4.69, 9.17) is 23.9 Å². The lowest BCUT2D eigenvalue weighted by atomic mass is 10.1. The summed E-state index contributed by atoms with van der Waals surface area (Å²) < 4.78 is 23.2. The zero-order chi connectivity index (χ0) is 22.4. The summed E-state index contributed by atoms with van der Waals surface area (Å²) in [6.07, 6.45) is 1.75. The highest BCUT2D eigenvalue weighted by Gasteiger charge is 2.16. The van der Waals surface area contributed by atoms with Gasteiger partial charge in [-0.1, -0.05) is 0 Å². The minimum Gasteiger partial charge on any atom is -0.493 e. The molecule has 3 aromatic rings. The zero-order valence-corrected chi connectivity index (χ0v) is 18.7. The SMILES string of the molecule is COCCN(Cc1cc(OC)c(OC)c(OC)c1)Cc1cc(=O)n2ccc(C)cc2n1. The van der Waals surface area contributed by atoms with Gasteiger partial charge in [-0.25, -0.2) is 4.98 Å². The topological polar surface area (TPSA) is 74.5 Å². The molecule has 31 heavy (non-hydrogen) atoms. The van der Waals surface area contributed by atoms with Gasteiger partial charge in [0.25, 0.3) is 5.56 Å². The summed E-state index contributed by atoms with van der Waals surface area (Å²) in [5.41, 5.74) is 3.29. The van der Waals surface area contributed by atoms with Gasteiger partial charge in [0, 0.05) is 39.0 Å². The van der Waals surface area contributed by atoms with Gasteiger partial charge in [0.2, 0.25) is 5.75 Å². The lowest BCUT2D eigenvalue weighted by Gasteiger charge is -2.23. The number of ether oxygens (including phenoxy) is 4. The minimum absolute atomic E-state index is 0.0977. The van der Waals surface area contributed by atoms with Crippen LogP contribution in [0.2, 0.25) is 0 Å². The second-order valence-electron chi connectivity index (χ2n) is 7.26. The number of methoxy groups -OCH3 is 4. The number of nitrogens with zero attached hydrogens (tertiary/aromatic N) is 3. The van der Waals surface area contributed by atoms with Gasteiger partial charge in [-0.3, -0.25) is 14.1 Å². The molecule has 0 N–H and O–H groups in total. The monoisotopic (exact) mass is 427 g/mol. The van der Waals surface area contributed by atoms with Crippen molar-refractivity contribution in [1.29, 1.82) is 0 Å². The molecule has 0 saturated carbocycles. The number of benzene rings is 1. The molecule has 0 aliphatic heterocycles. The number of hydrogen-bond donors (Lipinski definition) is 0. The van der Waals surface area contributed by atoms with Crippen molar-refractivity contribution in [3.63, 3.8) is 0 Å². The van der Waals surface area contributed by atoms with Crippen molar-refractivity contribution in [2.75, 3.05) is 41.6 Å². The molecule has 0 aliphatic carbocycles. The third kappa shape index (κ3) is 5.34. The van der Waals surface area contributed by atoms with Gasteiger partial charge >= 0.3 is 0 Å². The number of fused-ring (bicyclic) bond motifs is 1. The van der Waals surface area contributed by atoms with Crippen molar-refractivity contribution in [3.05, 3.63) is 63.7 Å². The molecule has 8 nitrogen and oxygen atoms in total. The van der Waals surface area contributed by atoms with E-state index in [9.17, 15) is 4.79 Å². The summed E-state index contributed by atoms with van der Waals surface area (Å²) in [5, 5.41) is 0. The summed E-state index contributed by atoms with van der Waals surface area (Å²) in [5.74, 6) is 1.75. The van der Waals surface area contributed by atoms with Gasteiger partial charge in [0.15, 0.2) is 11.5 Å². The summed E-state index contributed by atoms with van der Waals surface area (Å²) in [6.45, 7) is 4.29. The first-order chi connectivity index (χ1) is 15.0. The van der Waals surface area contributed by atoms with Crippen LogP contribution in [0.1, 0.15) is 16.8 Å². The first kappa shape index (κ1) is 22.6. The van der Waals surface area contributed by atoms with Crippen LogP contribution in [0.15, 0.2) is 41.3 Å². The van der Waals surface area contributed by atoms with E-state index in [1.54, 1.807) is 45.1 Å². The van der Waals surface area contributed by atoms with Crippen LogP contribution < -0.4 is 19.8 Å². The highest BCUT2D eigenvalue weighted by Crippen LogP contribution is 2.38. The fraction of sp³-hybridized carbons (Fsp3) is 0.391. The Morgan fingerprint density at radius 1 is 0.968 bits per heavy atom. The fourth-order valence-corrected chi connectivity index (χ4v) is 3.48. The highest BCUT2D eigenvalue weighted by atomic mass is 16.5. The maximum atomic E-state index is 12.5. The molecular formula is C23H29N3O5. The zero-order valence-electron chi connectivity index (χ0n) is 18.7. The minimum atomic E-state index is -0.0977. The molecule has 0 radical (unpaired) electrons. The maximum Gasteiger partial charge on any atom is 0.258 e.